The van der Waals surface area contributed by atoms with Crippen molar-refractivity contribution >= 4 is 21.6 Å². The Bertz CT molecular complexity index is 999. The normalized spacial score (nSPS) is 16.2. The minimum absolute atomic E-state index is 0.0355. The van der Waals surface area contributed by atoms with Gasteiger partial charge >= 0.3 is 0 Å². The predicted molar refractivity (Wildman–Crippen MR) is 113 cm³/mol. The van der Waals surface area contributed by atoms with E-state index in [0.29, 0.717) is 30.4 Å². The fourth-order valence-corrected chi connectivity index (χ4v) is 5.79. The topological polar surface area (TPSA) is 84.3 Å². The van der Waals surface area contributed by atoms with Crippen LogP contribution in [0.1, 0.15) is 42.3 Å². The van der Waals surface area contributed by atoms with Crippen molar-refractivity contribution in [2.24, 2.45) is 5.92 Å². The van der Waals surface area contributed by atoms with E-state index in [-0.39, 0.29) is 17.3 Å². The largest absolute Gasteiger partial charge is 0.324 e. The summed E-state index contributed by atoms with van der Waals surface area (Å²) in [6.45, 7) is 10.5. The van der Waals surface area contributed by atoms with Crippen LogP contribution in [0.5, 0.6) is 0 Å². The number of hydrogen-bond donors (Lipinski definition) is 1. The molecule has 0 saturated carbocycles. The molecule has 0 aliphatic carbocycles. The number of anilines is 1. The number of carbonyl (C=O) groups excluding carboxylic acids is 1. The van der Waals surface area contributed by atoms with Gasteiger partial charge in [0.15, 0.2) is 0 Å². The number of amides is 1. The van der Waals surface area contributed by atoms with Gasteiger partial charge in [-0.15, -0.1) is 0 Å². The van der Waals surface area contributed by atoms with Crippen molar-refractivity contribution in [3.05, 3.63) is 40.7 Å². The summed E-state index contributed by atoms with van der Waals surface area (Å²) in [4.78, 5) is 12.8. The van der Waals surface area contributed by atoms with Gasteiger partial charge in [0, 0.05) is 18.8 Å². The van der Waals surface area contributed by atoms with Gasteiger partial charge in [-0.05, 0) is 69.7 Å². The van der Waals surface area contributed by atoms with E-state index < -0.39 is 10.0 Å². The van der Waals surface area contributed by atoms with Gasteiger partial charge in [0.2, 0.25) is 15.9 Å². The molecule has 1 aromatic heterocycles. The van der Waals surface area contributed by atoms with Crippen LogP contribution in [0.4, 0.5) is 5.69 Å². The van der Waals surface area contributed by atoms with Gasteiger partial charge in [0.25, 0.3) is 0 Å². The Morgan fingerprint density at radius 3 is 2.28 bits per heavy atom. The molecule has 1 aliphatic rings. The molecule has 1 fully saturated rings. The Hall–Kier alpha value is -2.19. The third-order valence-electron chi connectivity index (χ3n) is 5.45. The maximum absolute atomic E-state index is 13.2. The molecule has 0 radical (unpaired) electrons. The van der Waals surface area contributed by atoms with Crippen LogP contribution >= 0.6 is 0 Å². The number of nitrogens with one attached hydrogen (secondary N) is 1. The summed E-state index contributed by atoms with van der Waals surface area (Å²) in [6, 6.07) is 5.84. The number of sulfonamides is 1. The lowest BCUT2D eigenvalue weighted by molar-refractivity contribution is -0.116. The molecule has 0 unspecified atom stereocenters. The van der Waals surface area contributed by atoms with Gasteiger partial charge in [0.05, 0.1) is 11.4 Å². The van der Waals surface area contributed by atoms with E-state index in [1.165, 1.54) is 4.68 Å². The molecular formula is C21H30N4O3S. The number of aromatic nitrogens is 2. The Kier molecular flexibility index (Phi) is 6.14. The predicted octanol–water partition coefficient (Wildman–Crippen LogP) is 3.18. The van der Waals surface area contributed by atoms with E-state index in [2.05, 4.69) is 17.3 Å². The van der Waals surface area contributed by atoms with Crippen molar-refractivity contribution in [3.8, 4) is 0 Å². The van der Waals surface area contributed by atoms with Crippen LogP contribution in [-0.2, 0) is 21.4 Å². The van der Waals surface area contributed by atoms with Crippen LogP contribution in [0.25, 0.3) is 0 Å². The molecule has 0 atom stereocenters. The smallest absolute Gasteiger partial charge is 0.246 e. The molecule has 1 amide bonds. The average Bonchev–Trinajstić information content (AvgIpc) is 2.88. The second kappa shape index (κ2) is 8.28. The molecule has 0 bridgehead atoms. The number of benzene rings is 1. The number of piperidine rings is 1. The molecule has 1 N–H and O–H groups in total. The molecule has 158 valence electrons. The van der Waals surface area contributed by atoms with Gasteiger partial charge in [-0.3, -0.25) is 9.48 Å². The zero-order valence-corrected chi connectivity index (χ0v) is 18.6. The quantitative estimate of drug-likeness (QED) is 0.808. The van der Waals surface area contributed by atoms with Crippen molar-refractivity contribution < 1.29 is 13.2 Å². The molecule has 1 aromatic carbocycles. The maximum Gasteiger partial charge on any atom is 0.246 e. The minimum atomic E-state index is -3.61. The van der Waals surface area contributed by atoms with Crippen LogP contribution in [0.3, 0.4) is 0 Å². The third-order valence-corrected chi connectivity index (χ3v) is 7.61. The van der Waals surface area contributed by atoms with E-state index in [1.54, 1.807) is 18.2 Å². The molecule has 1 aliphatic heterocycles. The molecule has 0 spiro atoms. The zero-order valence-electron chi connectivity index (χ0n) is 17.8. The van der Waals surface area contributed by atoms with Crippen LogP contribution in [-0.4, -0.2) is 41.5 Å². The fraction of sp³-hybridized carbons (Fsp3) is 0.524. The number of aryl methyl sites for hydroxylation is 3. The van der Waals surface area contributed by atoms with Gasteiger partial charge < -0.3 is 5.32 Å². The first-order valence-electron chi connectivity index (χ1n) is 10.00. The van der Waals surface area contributed by atoms with E-state index in [4.69, 9.17) is 0 Å². The lowest BCUT2D eigenvalue weighted by atomic mass is 10.0. The number of rotatable bonds is 5. The lowest BCUT2D eigenvalue weighted by Crippen LogP contribution is -2.38. The molecule has 3 rings (SSSR count). The second-order valence-corrected chi connectivity index (χ2v) is 10.0. The first-order valence-corrected chi connectivity index (χ1v) is 11.4. The highest BCUT2D eigenvalue weighted by atomic mass is 32.2. The molecule has 29 heavy (non-hydrogen) atoms. The van der Waals surface area contributed by atoms with Gasteiger partial charge in [-0.1, -0.05) is 13.0 Å². The summed E-state index contributed by atoms with van der Waals surface area (Å²) in [6.07, 6.45) is 1.73. The Morgan fingerprint density at radius 1 is 1.10 bits per heavy atom. The monoisotopic (exact) mass is 418 g/mol. The van der Waals surface area contributed by atoms with Crippen molar-refractivity contribution in [1.82, 2.24) is 14.1 Å². The minimum Gasteiger partial charge on any atom is -0.324 e. The first-order chi connectivity index (χ1) is 13.6. The van der Waals surface area contributed by atoms with Crippen LogP contribution < -0.4 is 5.32 Å². The number of nitrogens with zero attached hydrogens (tertiary/aromatic N) is 3. The van der Waals surface area contributed by atoms with Gasteiger partial charge in [-0.2, -0.15) is 9.40 Å². The number of carbonyl (C=O) groups is 1. The van der Waals surface area contributed by atoms with Crippen molar-refractivity contribution in [2.45, 2.75) is 58.9 Å². The second-order valence-electron chi connectivity index (χ2n) is 8.17. The highest BCUT2D eigenvalue weighted by Gasteiger charge is 2.33. The van der Waals surface area contributed by atoms with Crippen LogP contribution in [0.15, 0.2) is 23.1 Å². The van der Waals surface area contributed by atoms with E-state index in [0.717, 1.165) is 29.7 Å². The summed E-state index contributed by atoms with van der Waals surface area (Å²) in [5, 5.41) is 7.23. The average molecular weight is 419 g/mol. The van der Waals surface area contributed by atoms with Crippen molar-refractivity contribution in [2.75, 3.05) is 18.4 Å². The van der Waals surface area contributed by atoms with E-state index in [9.17, 15) is 13.2 Å². The van der Waals surface area contributed by atoms with Crippen molar-refractivity contribution in [3.63, 3.8) is 0 Å². The molecular weight excluding hydrogens is 388 g/mol. The Labute approximate surface area is 173 Å². The molecule has 1 saturated heterocycles. The first kappa shape index (κ1) is 21.5. The number of hydrogen-bond acceptors (Lipinski definition) is 4. The zero-order chi connectivity index (χ0) is 21.3. The van der Waals surface area contributed by atoms with Gasteiger partial charge in [-0.25, -0.2) is 8.42 Å². The summed E-state index contributed by atoms with van der Waals surface area (Å²) in [5.41, 5.74) is 3.78. The molecule has 8 heteroatoms. The van der Waals surface area contributed by atoms with E-state index in [1.807, 2.05) is 32.0 Å². The lowest BCUT2D eigenvalue weighted by Gasteiger charge is -2.29. The standard InChI is InChI=1S/C21H30N4O3S/c1-14-6-8-24(9-7-14)29(27,28)21-17(4)23-25(18(21)5)13-20(26)22-19-11-15(2)10-16(3)12-19/h10-12,14H,6-9,13H2,1-5H3,(H,22,26). The van der Waals surface area contributed by atoms with Crippen molar-refractivity contribution in [1.29, 1.82) is 0 Å². The molecule has 2 heterocycles. The Balaban J connectivity index is 1.79. The molecule has 2 aromatic rings. The fourth-order valence-electron chi connectivity index (χ4n) is 3.95. The highest BCUT2D eigenvalue weighted by molar-refractivity contribution is 7.89. The van der Waals surface area contributed by atoms with Crippen LogP contribution in [0, 0.1) is 33.6 Å². The maximum atomic E-state index is 13.2. The van der Waals surface area contributed by atoms with E-state index >= 15 is 0 Å². The highest BCUT2D eigenvalue weighted by Crippen LogP contribution is 2.27. The Morgan fingerprint density at radius 2 is 1.69 bits per heavy atom. The molecule has 7 nitrogen and oxygen atoms in total. The van der Waals surface area contributed by atoms with Crippen LogP contribution in [0.2, 0.25) is 0 Å². The SMILES string of the molecule is Cc1cc(C)cc(NC(=O)Cn2nc(C)c(S(=O)(=O)N3CCC(C)CC3)c2C)c1. The van der Waals surface area contributed by atoms with Gasteiger partial charge in [0.1, 0.15) is 11.4 Å². The summed E-state index contributed by atoms with van der Waals surface area (Å²) >= 11 is 0. The summed E-state index contributed by atoms with van der Waals surface area (Å²) < 4.78 is 29.4. The third kappa shape index (κ3) is 4.70. The summed E-state index contributed by atoms with van der Waals surface area (Å²) in [7, 11) is -3.61. The summed E-state index contributed by atoms with van der Waals surface area (Å²) in [5.74, 6) is 0.302.